The standard InChI is InChI=1S/C15H24N2OS/c1-4-12-5-6-16-14(8-12)15(18)17-9-13-7-10(2)11(3)19-13/h7,12,14,16H,4-6,8-9H2,1-3H3,(H,17,18). The van der Waals surface area contributed by atoms with Crippen LogP contribution in [0.3, 0.4) is 0 Å². The molecule has 3 nitrogen and oxygen atoms in total. The van der Waals surface area contributed by atoms with E-state index in [0.29, 0.717) is 12.5 Å². The average Bonchev–Trinajstić information content (AvgIpc) is 2.75. The third-order valence-corrected chi connectivity index (χ3v) is 5.21. The summed E-state index contributed by atoms with van der Waals surface area (Å²) < 4.78 is 0. The van der Waals surface area contributed by atoms with Gasteiger partial charge in [0, 0.05) is 9.75 Å². The number of thiophene rings is 1. The van der Waals surface area contributed by atoms with E-state index in [0.717, 1.165) is 13.0 Å². The average molecular weight is 280 g/mol. The maximum atomic E-state index is 12.2. The van der Waals surface area contributed by atoms with E-state index in [1.165, 1.54) is 28.2 Å². The molecule has 2 heterocycles. The molecule has 2 unspecified atom stereocenters. The van der Waals surface area contributed by atoms with Crippen molar-refractivity contribution in [2.24, 2.45) is 5.92 Å². The molecule has 0 bridgehead atoms. The Balaban J connectivity index is 1.83. The van der Waals surface area contributed by atoms with Crippen molar-refractivity contribution in [3.8, 4) is 0 Å². The van der Waals surface area contributed by atoms with Crippen LogP contribution in [0.5, 0.6) is 0 Å². The quantitative estimate of drug-likeness (QED) is 0.890. The first kappa shape index (κ1) is 14.5. The van der Waals surface area contributed by atoms with Crippen LogP contribution in [-0.4, -0.2) is 18.5 Å². The van der Waals surface area contributed by atoms with E-state index in [-0.39, 0.29) is 11.9 Å². The molecule has 19 heavy (non-hydrogen) atoms. The minimum absolute atomic E-state index is 0.000793. The number of hydrogen-bond acceptors (Lipinski definition) is 3. The lowest BCUT2D eigenvalue weighted by Crippen LogP contribution is -2.48. The third kappa shape index (κ3) is 3.80. The largest absolute Gasteiger partial charge is 0.350 e. The van der Waals surface area contributed by atoms with Crippen LogP contribution in [0.15, 0.2) is 6.07 Å². The van der Waals surface area contributed by atoms with Gasteiger partial charge in [-0.15, -0.1) is 11.3 Å². The van der Waals surface area contributed by atoms with Crippen molar-refractivity contribution in [2.75, 3.05) is 6.54 Å². The second-order valence-electron chi connectivity index (χ2n) is 5.48. The van der Waals surface area contributed by atoms with E-state index in [1.807, 2.05) is 0 Å². The number of aryl methyl sites for hydroxylation is 2. The van der Waals surface area contributed by atoms with Crippen LogP contribution < -0.4 is 10.6 Å². The van der Waals surface area contributed by atoms with Gasteiger partial charge in [0.05, 0.1) is 12.6 Å². The van der Waals surface area contributed by atoms with Crippen molar-refractivity contribution >= 4 is 17.2 Å². The smallest absolute Gasteiger partial charge is 0.237 e. The normalized spacial score (nSPS) is 23.3. The first-order chi connectivity index (χ1) is 9.10. The maximum absolute atomic E-state index is 12.2. The fourth-order valence-electron chi connectivity index (χ4n) is 2.60. The zero-order valence-corrected chi connectivity index (χ0v) is 12.9. The van der Waals surface area contributed by atoms with Crippen LogP contribution in [0.2, 0.25) is 0 Å². The van der Waals surface area contributed by atoms with Crippen molar-refractivity contribution in [2.45, 2.75) is 52.6 Å². The molecule has 2 rings (SSSR count). The van der Waals surface area contributed by atoms with Gasteiger partial charge in [-0.2, -0.15) is 0 Å². The number of carbonyl (C=O) groups is 1. The third-order valence-electron chi connectivity index (χ3n) is 4.06. The molecule has 1 aliphatic rings. The second kappa shape index (κ2) is 6.53. The highest BCUT2D eigenvalue weighted by Crippen LogP contribution is 2.21. The fourth-order valence-corrected chi connectivity index (χ4v) is 3.59. The molecule has 1 fully saturated rings. The van der Waals surface area contributed by atoms with E-state index in [1.54, 1.807) is 11.3 Å². The van der Waals surface area contributed by atoms with Gasteiger partial charge in [0.2, 0.25) is 5.91 Å². The number of piperidine rings is 1. The summed E-state index contributed by atoms with van der Waals surface area (Å²) in [4.78, 5) is 14.7. The Morgan fingerprint density at radius 2 is 2.32 bits per heavy atom. The summed E-state index contributed by atoms with van der Waals surface area (Å²) in [5, 5.41) is 6.39. The predicted molar refractivity (Wildman–Crippen MR) is 80.4 cm³/mol. The highest BCUT2D eigenvalue weighted by Gasteiger charge is 2.25. The van der Waals surface area contributed by atoms with Crippen LogP contribution in [0.25, 0.3) is 0 Å². The van der Waals surface area contributed by atoms with Crippen LogP contribution in [0, 0.1) is 19.8 Å². The van der Waals surface area contributed by atoms with Gasteiger partial charge < -0.3 is 10.6 Å². The molecule has 0 aliphatic carbocycles. The van der Waals surface area contributed by atoms with Crippen LogP contribution >= 0.6 is 11.3 Å². The van der Waals surface area contributed by atoms with Gasteiger partial charge in [-0.3, -0.25) is 4.79 Å². The Morgan fingerprint density at radius 1 is 1.53 bits per heavy atom. The SMILES string of the molecule is CCC1CCNC(C(=O)NCc2cc(C)c(C)s2)C1. The molecular formula is C15H24N2OS. The minimum atomic E-state index is 0.000793. The molecular weight excluding hydrogens is 256 g/mol. The Hall–Kier alpha value is -0.870. The zero-order chi connectivity index (χ0) is 13.8. The molecule has 1 amide bonds. The first-order valence-corrected chi connectivity index (χ1v) is 7.98. The lowest BCUT2D eigenvalue weighted by molar-refractivity contribution is -0.124. The minimum Gasteiger partial charge on any atom is -0.350 e. The summed E-state index contributed by atoms with van der Waals surface area (Å²) >= 11 is 1.77. The Bertz CT molecular complexity index is 422. The first-order valence-electron chi connectivity index (χ1n) is 7.17. The Kier molecular flexibility index (Phi) is 4.99. The lowest BCUT2D eigenvalue weighted by atomic mass is 9.90. The van der Waals surface area contributed by atoms with E-state index in [4.69, 9.17) is 0 Å². The molecule has 0 spiro atoms. The van der Waals surface area contributed by atoms with Crippen LogP contribution in [0.4, 0.5) is 0 Å². The van der Waals surface area contributed by atoms with Crippen molar-refractivity contribution in [1.29, 1.82) is 0 Å². The van der Waals surface area contributed by atoms with E-state index in [9.17, 15) is 4.79 Å². The van der Waals surface area contributed by atoms with Crippen LogP contribution in [-0.2, 0) is 11.3 Å². The van der Waals surface area contributed by atoms with Crippen molar-refractivity contribution in [1.82, 2.24) is 10.6 Å². The van der Waals surface area contributed by atoms with Crippen molar-refractivity contribution in [3.63, 3.8) is 0 Å². The van der Waals surface area contributed by atoms with Gasteiger partial charge in [-0.05, 0) is 50.8 Å². The maximum Gasteiger partial charge on any atom is 0.237 e. The number of amides is 1. The summed E-state index contributed by atoms with van der Waals surface area (Å²) in [5.74, 6) is 0.852. The molecule has 1 aliphatic heterocycles. The van der Waals surface area contributed by atoms with Gasteiger partial charge >= 0.3 is 0 Å². The van der Waals surface area contributed by atoms with E-state index in [2.05, 4.69) is 37.5 Å². The molecule has 2 atom stereocenters. The summed E-state index contributed by atoms with van der Waals surface area (Å²) in [6, 6.07) is 2.17. The van der Waals surface area contributed by atoms with Crippen molar-refractivity contribution < 1.29 is 4.79 Å². The number of carbonyl (C=O) groups excluding carboxylic acids is 1. The van der Waals surface area contributed by atoms with E-state index < -0.39 is 0 Å². The fraction of sp³-hybridized carbons (Fsp3) is 0.667. The summed E-state index contributed by atoms with van der Waals surface area (Å²) in [6.07, 6.45) is 3.35. The molecule has 1 aromatic rings. The number of nitrogens with one attached hydrogen (secondary N) is 2. The Labute approximate surface area is 119 Å². The highest BCUT2D eigenvalue weighted by atomic mass is 32.1. The molecule has 1 aromatic heterocycles. The van der Waals surface area contributed by atoms with Gasteiger partial charge in [0.15, 0.2) is 0 Å². The van der Waals surface area contributed by atoms with E-state index >= 15 is 0 Å². The summed E-state index contributed by atoms with van der Waals surface area (Å²) in [7, 11) is 0. The molecule has 4 heteroatoms. The van der Waals surface area contributed by atoms with Gasteiger partial charge in [-0.1, -0.05) is 13.3 Å². The molecule has 2 N–H and O–H groups in total. The second-order valence-corrected chi connectivity index (χ2v) is 6.82. The number of hydrogen-bond donors (Lipinski definition) is 2. The lowest BCUT2D eigenvalue weighted by Gasteiger charge is -2.28. The van der Waals surface area contributed by atoms with Crippen LogP contribution in [0.1, 0.15) is 41.5 Å². The molecule has 1 saturated heterocycles. The summed E-state index contributed by atoms with van der Waals surface area (Å²) in [5.41, 5.74) is 1.32. The molecule has 0 saturated carbocycles. The van der Waals surface area contributed by atoms with Gasteiger partial charge in [0.1, 0.15) is 0 Å². The summed E-state index contributed by atoms with van der Waals surface area (Å²) in [6.45, 7) is 8.08. The molecule has 0 radical (unpaired) electrons. The number of rotatable bonds is 4. The highest BCUT2D eigenvalue weighted by molar-refractivity contribution is 7.12. The van der Waals surface area contributed by atoms with Gasteiger partial charge in [0.25, 0.3) is 0 Å². The topological polar surface area (TPSA) is 41.1 Å². The monoisotopic (exact) mass is 280 g/mol. The Morgan fingerprint density at radius 3 is 2.95 bits per heavy atom. The van der Waals surface area contributed by atoms with Crippen molar-refractivity contribution in [3.05, 3.63) is 21.4 Å². The molecule has 106 valence electrons. The predicted octanol–water partition coefficient (Wildman–Crippen LogP) is 2.76. The molecule has 0 aromatic carbocycles. The van der Waals surface area contributed by atoms with Gasteiger partial charge in [-0.25, -0.2) is 0 Å². The zero-order valence-electron chi connectivity index (χ0n) is 12.1.